The van der Waals surface area contributed by atoms with Crippen molar-refractivity contribution in [3.8, 4) is 0 Å². The van der Waals surface area contributed by atoms with Crippen LogP contribution >= 0.6 is 0 Å². The van der Waals surface area contributed by atoms with Crippen molar-refractivity contribution >= 4 is 35.0 Å². The van der Waals surface area contributed by atoms with Crippen LogP contribution in [-0.2, 0) is 25.6 Å². The number of unbranched alkanes of at least 4 members (excludes halogenated alkanes) is 2. The summed E-state index contributed by atoms with van der Waals surface area (Å²) in [6.45, 7) is 6.40. The van der Waals surface area contributed by atoms with E-state index in [2.05, 4.69) is 10.6 Å². The van der Waals surface area contributed by atoms with Crippen molar-refractivity contribution in [2.24, 2.45) is 0 Å². The van der Waals surface area contributed by atoms with Gasteiger partial charge in [0.15, 0.2) is 5.76 Å². The average Bonchev–Trinajstić information content (AvgIpc) is 3.45. The summed E-state index contributed by atoms with van der Waals surface area (Å²) < 4.78 is 21.4. The van der Waals surface area contributed by atoms with Crippen LogP contribution in [0.3, 0.4) is 0 Å². The highest BCUT2D eigenvalue weighted by atomic mass is 16.6. The number of furan rings is 1. The Kier molecular flexibility index (Phi) is 13.7. The van der Waals surface area contributed by atoms with E-state index in [0.29, 0.717) is 57.2 Å². The van der Waals surface area contributed by atoms with Gasteiger partial charge in [-0.15, -0.1) is 0 Å². The standard InChI is InChI=1S/C34H45N3O8/c1-34(2,3)45-33(41)37(21-12-6-9-19-30(38)42-4)23-27(36-31(39)29-22-26-16-10-11-18-28(26)44-29)17-13-20-35-32(40)43-24-25-14-7-5-8-15-25/h5,7-8,10-11,14-16,18,22,27H,6,9,12-13,17,19-21,23-24H2,1-4H3,(H,35,40)(H,36,39)/t27-/m1/s1. The van der Waals surface area contributed by atoms with Crippen LogP contribution in [0.1, 0.15) is 75.4 Å². The normalized spacial score (nSPS) is 11.8. The lowest BCUT2D eigenvalue weighted by Crippen LogP contribution is -2.47. The maximum Gasteiger partial charge on any atom is 0.410 e. The summed E-state index contributed by atoms with van der Waals surface area (Å²) in [5, 5.41) is 6.56. The monoisotopic (exact) mass is 623 g/mol. The van der Waals surface area contributed by atoms with Crippen LogP contribution in [0.5, 0.6) is 0 Å². The molecule has 0 aliphatic rings. The molecule has 2 aromatic carbocycles. The van der Waals surface area contributed by atoms with Crippen LogP contribution in [0.2, 0.25) is 0 Å². The molecule has 0 radical (unpaired) electrons. The Morgan fingerprint density at radius 1 is 0.933 bits per heavy atom. The molecule has 1 aromatic heterocycles. The van der Waals surface area contributed by atoms with E-state index in [4.69, 9.17) is 18.6 Å². The highest BCUT2D eigenvalue weighted by Gasteiger charge is 2.26. The van der Waals surface area contributed by atoms with E-state index in [1.807, 2.05) is 48.5 Å². The average molecular weight is 624 g/mol. The number of hydrogen-bond acceptors (Lipinski definition) is 8. The molecule has 2 N–H and O–H groups in total. The molecule has 3 aromatic rings. The maximum absolute atomic E-state index is 13.3. The van der Waals surface area contributed by atoms with Gasteiger partial charge in [0, 0.05) is 37.5 Å². The third kappa shape index (κ3) is 12.9. The van der Waals surface area contributed by atoms with Crippen molar-refractivity contribution in [3.05, 3.63) is 72.0 Å². The Bertz CT molecular complexity index is 1350. The minimum atomic E-state index is -0.711. The number of esters is 1. The Morgan fingerprint density at radius 2 is 1.67 bits per heavy atom. The summed E-state index contributed by atoms with van der Waals surface area (Å²) in [5.41, 5.74) is 0.769. The van der Waals surface area contributed by atoms with Crippen molar-refractivity contribution < 1.29 is 37.8 Å². The van der Waals surface area contributed by atoms with E-state index >= 15 is 0 Å². The smallest absolute Gasteiger partial charge is 0.410 e. The van der Waals surface area contributed by atoms with E-state index < -0.39 is 29.7 Å². The largest absolute Gasteiger partial charge is 0.469 e. The Balaban J connectivity index is 1.64. The fraction of sp³-hybridized carbons (Fsp3) is 0.471. The van der Waals surface area contributed by atoms with Crippen LogP contribution in [0, 0.1) is 0 Å². The lowest BCUT2D eigenvalue weighted by molar-refractivity contribution is -0.140. The van der Waals surface area contributed by atoms with Crippen LogP contribution in [0.15, 0.2) is 65.1 Å². The number of carbonyl (C=O) groups excluding carboxylic acids is 4. The van der Waals surface area contributed by atoms with Gasteiger partial charge in [0.25, 0.3) is 5.91 Å². The van der Waals surface area contributed by atoms with Crippen molar-refractivity contribution in [3.63, 3.8) is 0 Å². The molecule has 0 fully saturated rings. The second-order valence-electron chi connectivity index (χ2n) is 11.8. The summed E-state index contributed by atoms with van der Waals surface area (Å²) in [4.78, 5) is 51.8. The van der Waals surface area contributed by atoms with Gasteiger partial charge >= 0.3 is 18.2 Å². The van der Waals surface area contributed by atoms with Crippen molar-refractivity contribution in [2.45, 2.75) is 77.5 Å². The van der Waals surface area contributed by atoms with Gasteiger partial charge in [0.1, 0.15) is 17.8 Å². The molecule has 1 atom stereocenters. The molecule has 244 valence electrons. The number of hydrogen-bond donors (Lipinski definition) is 2. The molecule has 11 heteroatoms. The topological polar surface area (TPSA) is 136 Å². The number of methoxy groups -OCH3 is 1. The van der Waals surface area contributed by atoms with Gasteiger partial charge in [0.2, 0.25) is 0 Å². The van der Waals surface area contributed by atoms with Crippen molar-refractivity contribution in [1.82, 2.24) is 15.5 Å². The molecule has 0 saturated heterocycles. The van der Waals surface area contributed by atoms with Crippen molar-refractivity contribution in [2.75, 3.05) is 26.7 Å². The zero-order chi connectivity index (χ0) is 32.7. The predicted molar refractivity (Wildman–Crippen MR) is 170 cm³/mol. The Hall–Kier alpha value is -4.54. The molecular formula is C34H45N3O8. The predicted octanol–water partition coefficient (Wildman–Crippen LogP) is 6.21. The molecule has 3 amide bonds. The number of benzene rings is 2. The Morgan fingerprint density at radius 3 is 2.38 bits per heavy atom. The van der Waals surface area contributed by atoms with Gasteiger partial charge in [-0.05, 0) is 64.2 Å². The number of nitrogens with one attached hydrogen (secondary N) is 2. The number of ether oxygens (including phenoxy) is 3. The first-order chi connectivity index (χ1) is 21.5. The van der Waals surface area contributed by atoms with E-state index in [9.17, 15) is 19.2 Å². The number of rotatable bonds is 16. The first-order valence-electron chi connectivity index (χ1n) is 15.3. The fourth-order valence-electron chi connectivity index (χ4n) is 4.57. The molecule has 0 bridgehead atoms. The zero-order valence-electron chi connectivity index (χ0n) is 26.6. The summed E-state index contributed by atoms with van der Waals surface area (Å²) in [6.07, 6.45) is 2.20. The highest BCUT2D eigenvalue weighted by molar-refractivity contribution is 5.96. The highest BCUT2D eigenvalue weighted by Crippen LogP contribution is 2.19. The fourth-order valence-corrected chi connectivity index (χ4v) is 4.57. The summed E-state index contributed by atoms with van der Waals surface area (Å²) in [7, 11) is 1.36. The SMILES string of the molecule is COC(=O)CCCCCN(C[C@@H](CCCNC(=O)OCc1ccccc1)NC(=O)c1cc2ccccc2o1)C(=O)OC(C)(C)C. The maximum atomic E-state index is 13.3. The number of carbonyl (C=O) groups is 4. The number of para-hydroxylation sites is 1. The van der Waals surface area contributed by atoms with Crippen LogP contribution in [0.25, 0.3) is 11.0 Å². The summed E-state index contributed by atoms with van der Waals surface area (Å²) >= 11 is 0. The second-order valence-corrected chi connectivity index (χ2v) is 11.8. The molecule has 0 aliphatic carbocycles. The minimum Gasteiger partial charge on any atom is -0.469 e. The summed E-state index contributed by atoms with van der Waals surface area (Å²) in [6, 6.07) is 17.9. The van der Waals surface area contributed by atoms with E-state index in [1.165, 1.54) is 7.11 Å². The van der Waals surface area contributed by atoms with Gasteiger partial charge in [-0.3, -0.25) is 9.59 Å². The number of nitrogens with zero attached hydrogens (tertiary/aromatic N) is 1. The number of alkyl carbamates (subject to hydrolysis) is 1. The van der Waals surface area contributed by atoms with Gasteiger partial charge in [-0.25, -0.2) is 9.59 Å². The lowest BCUT2D eigenvalue weighted by Gasteiger charge is -2.30. The lowest BCUT2D eigenvalue weighted by atomic mass is 10.1. The Labute approximate surface area is 264 Å². The molecule has 0 aliphatic heterocycles. The second kappa shape index (κ2) is 17.7. The first kappa shape index (κ1) is 34.9. The third-order valence-electron chi connectivity index (χ3n) is 6.83. The minimum absolute atomic E-state index is 0.160. The number of amides is 3. The van der Waals surface area contributed by atoms with E-state index in [0.717, 1.165) is 10.9 Å². The third-order valence-corrected chi connectivity index (χ3v) is 6.83. The first-order valence-corrected chi connectivity index (χ1v) is 15.3. The van der Waals surface area contributed by atoms with Gasteiger partial charge in [0.05, 0.1) is 7.11 Å². The van der Waals surface area contributed by atoms with Crippen LogP contribution < -0.4 is 10.6 Å². The van der Waals surface area contributed by atoms with Gasteiger partial charge in [-0.2, -0.15) is 0 Å². The van der Waals surface area contributed by atoms with E-state index in [1.54, 1.807) is 37.8 Å². The molecule has 0 spiro atoms. The molecule has 3 rings (SSSR count). The van der Waals surface area contributed by atoms with Crippen LogP contribution in [0.4, 0.5) is 9.59 Å². The summed E-state index contributed by atoms with van der Waals surface area (Å²) in [5.74, 6) is -0.519. The number of fused-ring (bicyclic) bond motifs is 1. The van der Waals surface area contributed by atoms with Gasteiger partial charge < -0.3 is 34.2 Å². The quantitative estimate of drug-likeness (QED) is 0.109. The van der Waals surface area contributed by atoms with Crippen molar-refractivity contribution in [1.29, 1.82) is 0 Å². The molecule has 1 heterocycles. The van der Waals surface area contributed by atoms with Gasteiger partial charge in [-0.1, -0.05) is 55.0 Å². The van der Waals surface area contributed by atoms with E-state index in [-0.39, 0.29) is 24.9 Å². The molecule has 45 heavy (non-hydrogen) atoms. The van der Waals surface area contributed by atoms with Crippen LogP contribution in [-0.4, -0.2) is 67.3 Å². The molecular weight excluding hydrogens is 578 g/mol. The molecule has 11 nitrogen and oxygen atoms in total. The molecule has 0 unspecified atom stereocenters. The zero-order valence-corrected chi connectivity index (χ0v) is 26.6. The molecule has 0 saturated carbocycles.